The lowest BCUT2D eigenvalue weighted by molar-refractivity contribution is -0.118. The van der Waals surface area contributed by atoms with Crippen LogP contribution >= 0.6 is 22.6 Å². The second-order valence-corrected chi connectivity index (χ2v) is 4.04. The van der Waals surface area contributed by atoms with E-state index in [1.54, 1.807) is 0 Å². The van der Waals surface area contributed by atoms with Gasteiger partial charge in [-0.15, -0.1) is 0 Å². The molecule has 15 heavy (non-hydrogen) atoms. The van der Waals surface area contributed by atoms with Crippen molar-refractivity contribution in [2.45, 2.75) is 0 Å². The van der Waals surface area contributed by atoms with Crippen molar-refractivity contribution in [3.05, 3.63) is 21.5 Å². The number of benzene rings is 1. The van der Waals surface area contributed by atoms with Crippen LogP contribution in [0.4, 0.5) is 15.8 Å². The largest absolute Gasteiger partial charge is 0.397 e. The monoisotopic (exact) mass is 323 g/mol. The summed E-state index contributed by atoms with van der Waals surface area (Å²) in [4.78, 5) is 10.9. The molecule has 0 saturated heterocycles. The zero-order valence-electron chi connectivity index (χ0n) is 8.10. The Hall–Kier alpha value is -1.05. The number of likely N-dealkylation sites (N-methyl/N-ethyl adjacent to an activating group) is 1. The first-order valence-corrected chi connectivity index (χ1v) is 5.31. The zero-order chi connectivity index (χ0) is 11.4. The van der Waals surface area contributed by atoms with E-state index in [0.29, 0.717) is 14.9 Å². The summed E-state index contributed by atoms with van der Waals surface area (Å²) in [5, 5.41) is 5.19. The van der Waals surface area contributed by atoms with Crippen LogP contribution in [0, 0.1) is 9.39 Å². The summed E-state index contributed by atoms with van der Waals surface area (Å²) in [6.07, 6.45) is 0. The van der Waals surface area contributed by atoms with Gasteiger partial charge in [0.25, 0.3) is 0 Å². The number of nitrogen functional groups attached to an aromatic ring is 1. The van der Waals surface area contributed by atoms with E-state index >= 15 is 0 Å². The number of amides is 1. The lowest BCUT2D eigenvalue weighted by Crippen LogP contribution is -2.26. The Morgan fingerprint density at radius 2 is 2.27 bits per heavy atom. The Kier molecular flexibility index (Phi) is 4.13. The molecule has 1 aromatic carbocycles. The third-order valence-corrected chi connectivity index (χ3v) is 2.64. The highest BCUT2D eigenvalue weighted by atomic mass is 127. The van der Waals surface area contributed by atoms with E-state index in [-0.39, 0.29) is 18.3 Å². The Morgan fingerprint density at radius 1 is 1.60 bits per heavy atom. The third-order valence-electron chi connectivity index (χ3n) is 1.81. The summed E-state index contributed by atoms with van der Waals surface area (Å²) in [5.41, 5.74) is 6.50. The van der Waals surface area contributed by atoms with Crippen LogP contribution in [0.1, 0.15) is 0 Å². The average Bonchev–Trinajstić information content (AvgIpc) is 2.21. The lowest BCUT2D eigenvalue weighted by atomic mass is 10.2. The van der Waals surface area contributed by atoms with Gasteiger partial charge in [-0.1, -0.05) is 0 Å². The molecule has 0 fully saturated rings. The molecule has 0 aliphatic carbocycles. The fourth-order valence-corrected chi connectivity index (χ4v) is 1.47. The van der Waals surface area contributed by atoms with E-state index in [1.807, 2.05) is 22.6 Å². The molecule has 0 heterocycles. The van der Waals surface area contributed by atoms with Gasteiger partial charge < -0.3 is 16.4 Å². The van der Waals surface area contributed by atoms with Gasteiger partial charge in [0.2, 0.25) is 5.91 Å². The van der Waals surface area contributed by atoms with Crippen molar-refractivity contribution >= 4 is 39.9 Å². The highest BCUT2D eigenvalue weighted by molar-refractivity contribution is 14.1. The molecule has 1 aromatic rings. The van der Waals surface area contributed by atoms with Crippen molar-refractivity contribution in [3.8, 4) is 0 Å². The standard InChI is InChI=1S/C9H11FIN3O/c1-13-9(15)4-14-8-2-5(10)6(11)3-7(8)12/h2-3,14H,4,12H2,1H3,(H,13,15). The molecule has 0 radical (unpaired) electrons. The maximum Gasteiger partial charge on any atom is 0.239 e. The molecule has 0 bridgehead atoms. The molecule has 4 N–H and O–H groups in total. The molecule has 6 heteroatoms. The summed E-state index contributed by atoms with van der Waals surface area (Å²) >= 11 is 1.85. The molecule has 0 aromatic heterocycles. The quantitative estimate of drug-likeness (QED) is 0.578. The first kappa shape index (κ1) is 12.0. The van der Waals surface area contributed by atoms with Gasteiger partial charge in [0, 0.05) is 13.1 Å². The molecule has 1 rings (SSSR count). The Morgan fingerprint density at radius 3 is 2.87 bits per heavy atom. The number of carbonyl (C=O) groups excluding carboxylic acids is 1. The molecule has 0 aliphatic rings. The molecule has 1 amide bonds. The zero-order valence-corrected chi connectivity index (χ0v) is 10.3. The molecule has 82 valence electrons. The predicted molar refractivity (Wildman–Crippen MR) is 66.1 cm³/mol. The van der Waals surface area contributed by atoms with Crippen LogP contribution in [0.25, 0.3) is 0 Å². The Balaban J connectivity index is 2.77. The van der Waals surface area contributed by atoms with Crippen LogP contribution in [0.15, 0.2) is 12.1 Å². The van der Waals surface area contributed by atoms with Crippen molar-refractivity contribution < 1.29 is 9.18 Å². The summed E-state index contributed by atoms with van der Waals surface area (Å²) in [7, 11) is 1.53. The van der Waals surface area contributed by atoms with Gasteiger partial charge in [-0.3, -0.25) is 4.79 Å². The van der Waals surface area contributed by atoms with Crippen molar-refractivity contribution in [1.82, 2.24) is 5.32 Å². The summed E-state index contributed by atoms with van der Waals surface area (Å²) in [6.45, 7) is 0.0702. The third kappa shape index (κ3) is 3.22. The molecular weight excluding hydrogens is 312 g/mol. The van der Waals surface area contributed by atoms with Crippen LogP contribution < -0.4 is 16.4 Å². The van der Waals surface area contributed by atoms with Crippen LogP contribution in [0.3, 0.4) is 0 Å². The van der Waals surface area contributed by atoms with E-state index < -0.39 is 0 Å². The second-order valence-electron chi connectivity index (χ2n) is 2.88. The lowest BCUT2D eigenvalue weighted by Gasteiger charge is -2.09. The fraction of sp³-hybridized carbons (Fsp3) is 0.222. The van der Waals surface area contributed by atoms with Gasteiger partial charge in [0.1, 0.15) is 5.82 Å². The number of anilines is 2. The maximum absolute atomic E-state index is 13.2. The minimum absolute atomic E-state index is 0.0702. The topological polar surface area (TPSA) is 67.2 Å². The van der Waals surface area contributed by atoms with Crippen molar-refractivity contribution in [3.63, 3.8) is 0 Å². The van der Waals surface area contributed by atoms with Crippen LogP contribution in [-0.4, -0.2) is 19.5 Å². The molecule has 0 spiro atoms. The fourth-order valence-electron chi connectivity index (χ4n) is 0.979. The SMILES string of the molecule is CNC(=O)CNc1cc(F)c(I)cc1N. The van der Waals surface area contributed by atoms with Gasteiger partial charge in [0.15, 0.2) is 0 Å². The number of hydrogen-bond acceptors (Lipinski definition) is 3. The van der Waals surface area contributed by atoms with E-state index in [9.17, 15) is 9.18 Å². The van der Waals surface area contributed by atoms with E-state index in [0.717, 1.165) is 0 Å². The minimum atomic E-state index is -0.357. The van der Waals surface area contributed by atoms with Crippen molar-refractivity contribution in [1.29, 1.82) is 0 Å². The second kappa shape index (κ2) is 5.15. The Bertz CT molecular complexity index is 384. The summed E-state index contributed by atoms with van der Waals surface area (Å²) < 4.78 is 13.6. The van der Waals surface area contributed by atoms with E-state index in [1.165, 1.54) is 19.2 Å². The van der Waals surface area contributed by atoms with E-state index in [4.69, 9.17) is 5.73 Å². The van der Waals surface area contributed by atoms with Crippen molar-refractivity contribution in [2.75, 3.05) is 24.6 Å². The van der Waals surface area contributed by atoms with Crippen molar-refractivity contribution in [2.24, 2.45) is 0 Å². The van der Waals surface area contributed by atoms with Gasteiger partial charge in [-0.2, -0.15) is 0 Å². The first-order valence-electron chi connectivity index (χ1n) is 4.23. The number of rotatable bonds is 3. The van der Waals surface area contributed by atoms with Crippen LogP contribution in [-0.2, 0) is 4.79 Å². The first-order chi connectivity index (χ1) is 7.04. The van der Waals surface area contributed by atoms with Gasteiger partial charge in [0.05, 0.1) is 21.5 Å². The Labute approximate surface area is 101 Å². The number of nitrogens with two attached hydrogens (primary N) is 1. The average molecular weight is 323 g/mol. The van der Waals surface area contributed by atoms with Gasteiger partial charge in [-0.25, -0.2) is 4.39 Å². The van der Waals surface area contributed by atoms with Gasteiger partial charge >= 0.3 is 0 Å². The number of carbonyl (C=O) groups is 1. The number of halogens is 2. The molecule has 0 aliphatic heterocycles. The van der Waals surface area contributed by atoms with Gasteiger partial charge in [-0.05, 0) is 28.7 Å². The summed E-state index contributed by atoms with van der Waals surface area (Å²) in [5.74, 6) is -0.544. The maximum atomic E-state index is 13.2. The highest BCUT2D eigenvalue weighted by Crippen LogP contribution is 2.23. The predicted octanol–water partition coefficient (Wildman–Crippen LogP) is 1.17. The molecule has 0 unspecified atom stereocenters. The van der Waals surface area contributed by atoms with Crippen LogP contribution in [0.5, 0.6) is 0 Å². The van der Waals surface area contributed by atoms with Crippen LogP contribution in [0.2, 0.25) is 0 Å². The number of nitrogens with one attached hydrogen (secondary N) is 2. The smallest absolute Gasteiger partial charge is 0.239 e. The molecule has 0 saturated carbocycles. The molecule has 0 atom stereocenters. The molecular formula is C9H11FIN3O. The highest BCUT2D eigenvalue weighted by Gasteiger charge is 2.06. The number of hydrogen-bond donors (Lipinski definition) is 3. The van der Waals surface area contributed by atoms with E-state index in [2.05, 4.69) is 10.6 Å². The summed E-state index contributed by atoms with van der Waals surface area (Å²) in [6, 6.07) is 2.79. The molecule has 4 nitrogen and oxygen atoms in total. The normalized spacial score (nSPS) is 9.80. The minimum Gasteiger partial charge on any atom is -0.397 e.